The third kappa shape index (κ3) is 19.1. The molecule has 0 aliphatic rings. The highest BCUT2D eigenvalue weighted by atomic mass is 35.6. The van der Waals surface area contributed by atoms with E-state index in [2.05, 4.69) is 16.3 Å². The summed E-state index contributed by atoms with van der Waals surface area (Å²) in [6.45, 7) is 3.82. The van der Waals surface area contributed by atoms with Crippen molar-refractivity contribution in [1.29, 1.82) is 0 Å². The molecule has 0 spiro atoms. The van der Waals surface area contributed by atoms with Crippen LogP contribution in [0.3, 0.4) is 0 Å². The number of halogens is 4. The first-order chi connectivity index (χ1) is 7.62. The summed E-state index contributed by atoms with van der Waals surface area (Å²) in [7, 11) is 0. The average Bonchev–Trinajstić information content (AvgIpc) is 2.14. The molecule has 0 aromatic rings. The minimum Gasteiger partial charge on any atom is -0.402 e. The maximum Gasteiger partial charge on any atom is 0.407 e. The van der Waals surface area contributed by atoms with Crippen LogP contribution in [0.1, 0.15) is 33.1 Å². The second-order valence-corrected chi connectivity index (χ2v) is 5.63. The molecule has 0 saturated carbocycles. The molecule has 0 aliphatic carbocycles. The number of carbonyl (C=O) groups excluding carboxylic acids is 1. The first-order valence-corrected chi connectivity index (χ1v) is 6.44. The largest absolute Gasteiger partial charge is 0.407 e. The summed E-state index contributed by atoms with van der Waals surface area (Å²) in [5.74, 6) is 0. The lowest BCUT2D eigenvalue weighted by atomic mass is 10.1. The van der Waals surface area contributed by atoms with E-state index in [1.54, 1.807) is 0 Å². The summed E-state index contributed by atoms with van der Waals surface area (Å²) in [4.78, 5) is 9.75. The Bertz CT molecular complexity index is 200. The monoisotopic (exact) mass is 328 g/mol. The number of rotatable bonds is 4. The van der Waals surface area contributed by atoms with Crippen molar-refractivity contribution in [2.24, 2.45) is 0 Å². The quantitative estimate of drug-likeness (QED) is 0.610. The fourth-order valence-corrected chi connectivity index (χ4v) is 1.18. The molecule has 2 N–H and O–H groups in total. The summed E-state index contributed by atoms with van der Waals surface area (Å²) >= 11 is 19.4. The van der Waals surface area contributed by atoms with E-state index in [0.717, 1.165) is 12.8 Å². The van der Waals surface area contributed by atoms with Crippen molar-refractivity contribution in [1.82, 2.24) is 0 Å². The molecule has 0 rings (SSSR count). The lowest BCUT2D eigenvalue weighted by Crippen LogP contribution is -2.15. The molecule has 104 valence electrons. The van der Waals surface area contributed by atoms with Crippen LogP contribution in [0.15, 0.2) is 0 Å². The Kier molecular flexibility index (Phi) is 12.2. The smallest absolute Gasteiger partial charge is 0.402 e. The molecule has 0 aromatic heterocycles. The van der Waals surface area contributed by atoms with Crippen LogP contribution in [-0.4, -0.2) is 31.8 Å². The van der Waals surface area contributed by atoms with Gasteiger partial charge in [0.05, 0.1) is 12.2 Å². The standard InChI is InChI=1S/C7H16O2.C2Cl4O2/c1-3-6(8)5-7(9)4-2;3-1(7)8-2(4,5)6/h6-9H,3-5H2,1-2H3;. The van der Waals surface area contributed by atoms with Crippen LogP contribution in [0.4, 0.5) is 4.79 Å². The third-order valence-electron chi connectivity index (χ3n) is 1.68. The summed E-state index contributed by atoms with van der Waals surface area (Å²) < 4.78 is 1.82. The van der Waals surface area contributed by atoms with E-state index in [1.165, 1.54) is 0 Å². The molecule has 2 atom stereocenters. The highest BCUT2D eigenvalue weighted by Gasteiger charge is 2.23. The van der Waals surface area contributed by atoms with Gasteiger partial charge < -0.3 is 14.9 Å². The van der Waals surface area contributed by atoms with Crippen molar-refractivity contribution in [2.45, 2.75) is 49.3 Å². The Hall–Kier alpha value is 0.550. The molecule has 0 aliphatic heterocycles. The summed E-state index contributed by atoms with van der Waals surface area (Å²) in [5, 5.41) is 18.0. The van der Waals surface area contributed by atoms with Gasteiger partial charge >= 0.3 is 9.41 Å². The number of aliphatic hydroxyl groups is 2. The van der Waals surface area contributed by atoms with Crippen molar-refractivity contribution in [2.75, 3.05) is 0 Å². The van der Waals surface area contributed by atoms with Crippen molar-refractivity contribution in [3.05, 3.63) is 0 Å². The van der Waals surface area contributed by atoms with E-state index in [-0.39, 0.29) is 12.2 Å². The number of carbonyl (C=O) groups is 1. The summed E-state index contributed by atoms with van der Waals surface area (Å²) in [6, 6.07) is 0. The van der Waals surface area contributed by atoms with Crippen molar-refractivity contribution in [3.8, 4) is 0 Å². The Balaban J connectivity index is 0. The molecule has 0 saturated heterocycles. The van der Waals surface area contributed by atoms with Crippen LogP contribution in [0.2, 0.25) is 0 Å². The highest BCUT2D eigenvalue weighted by molar-refractivity contribution is 6.69. The van der Waals surface area contributed by atoms with Crippen LogP contribution in [0.5, 0.6) is 0 Å². The van der Waals surface area contributed by atoms with E-state index in [0.29, 0.717) is 6.42 Å². The van der Waals surface area contributed by atoms with Gasteiger partial charge in [-0.2, -0.15) is 0 Å². The highest BCUT2D eigenvalue weighted by Crippen LogP contribution is 2.27. The maximum absolute atomic E-state index is 9.75. The fraction of sp³-hybridized carbons (Fsp3) is 0.889. The van der Waals surface area contributed by atoms with Gasteiger partial charge in [-0.25, -0.2) is 4.79 Å². The lowest BCUT2D eigenvalue weighted by Gasteiger charge is -2.11. The number of ether oxygens (including phenoxy) is 1. The van der Waals surface area contributed by atoms with E-state index in [9.17, 15) is 4.79 Å². The molecule has 0 radical (unpaired) electrons. The predicted octanol–water partition coefficient (Wildman–Crippen LogP) is 3.61. The topological polar surface area (TPSA) is 66.8 Å². The van der Waals surface area contributed by atoms with Gasteiger partial charge in [0, 0.05) is 11.6 Å². The van der Waals surface area contributed by atoms with Crippen LogP contribution in [0, 0.1) is 0 Å². The zero-order valence-electron chi connectivity index (χ0n) is 9.50. The molecule has 0 aromatic carbocycles. The van der Waals surface area contributed by atoms with Gasteiger partial charge in [0.1, 0.15) is 0 Å². The van der Waals surface area contributed by atoms with E-state index < -0.39 is 9.41 Å². The Morgan fingerprint density at radius 1 is 1.18 bits per heavy atom. The summed E-state index contributed by atoms with van der Waals surface area (Å²) in [6.07, 6.45) is 1.35. The fourth-order valence-electron chi connectivity index (χ4n) is 0.738. The second kappa shape index (κ2) is 10.5. The van der Waals surface area contributed by atoms with Gasteiger partial charge in [-0.15, -0.1) is 0 Å². The first-order valence-electron chi connectivity index (χ1n) is 4.93. The van der Waals surface area contributed by atoms with Crippen LogP contribution < -0.4 is 0 Å². The Morgan fingerprint density at radius 3 is 1.65 bits per heavy atom. The molecule has 0 bridgehead atoms. The minimum absolute atomic E-state index is 0.319. The number of alkyl halides is 3. The van der Waals surface area contributed by atoms with Crippen LogP contribution in [0.25, 0.3) is 0 Å². The maximum atomic E-state index is 9.75. The molecule has 0 heterocycles. The zero-order chi connectivity index (χ0) is 14.1. The molecule has 0 amide bonds. The van der Waals surface area contributed by atoms with Crippen molar-refractivity contribution >= 4 is 51.8 Å². The van der Waals surface area contributed by atoms with Gasteiger partial charge in [-0.05, 0) is 54.1 Å². The van der Waals surface area contributed by atoms with E-state index in [1.807, 2.05) is 13.8 Å². The second-order valence-electron chi connectivity index (χ2n) is 3.15. The zero-order valence-corrected chi connectivity index (χ0v) is 12.5. The molecule has 0 fully saturated rings. The van der Waals surface area contributed by atoms with E-state index in [4.69, 9.17) is 45.0 Å². The van der Waals surface area contributed by atoms with E-state index >= 15 is 0 Å². The average molecular weight is 330 g/mol. The van der Waals surface area contributed by atoms with Gasteiger partial charge in [0.25, 0.3) is 0 Å². The van der Waals surface area contributed by atoms with Gasteiger partial charge in [-0.1, -0.05) is 13.8 Å². The number of aliphatic hydroxyl groups excluding tert-OH is 2. The van der Waals surface area contributed by atoms with Crippen LogP contribution >= 0.6 is 46.4 Å². The molecular weight excluding hydrogens is 314 g/mol. The molecule has 4 nitrogen and oxygen atoms in total. The van der Waals surface area contributed by atoms with Crippen molar-refractivity contribution < 1.29 is 19.7 Å². The summed E-state index contributed by atoms with van der Waals surface area (Å²) in [5.41, 5.74) is -1.15. The first kappa shape index (κ1) is 19.9. The van der Waals surface area contributed by atoms with Gasteiger partial charge in [0.15, 0.2) is 0 Å². The number of hydrogen-bond donors (Lipinski definition) is 2. The molecule has 2 unspecified atom stereocenters. The molecular formula is C9H16Cl4O4. The Labute approximate surface area is 121 Å². The van der Waals surface area contributed by atoms with Gasteiger partial charge in [0.2, 0.25) is 0 Å². The predicted molar refractivity (Wildman–Crippen MR) is 69.8 cm³/mol. The molecule has 8 heteroatoms. The normalized spacial score (nSPS) is 14.4. The Morgan fingerprint density at radius 2 is 1.53 bits per heavy atom. The lowest BCUT2D eigenvalue weighted by molar-refractivity contribution is 0.0765. The van der Waals surface area contributed by atoms with Gasteiger partial charge in [-0.3, -0.25) is 0 Å². The SMILES string of the molecule is CCC(O)CC(O)CC.O=C(Cl)OC(Cl)(Cl)Cl. The minimum atomic E-state index is -2.04. The van der Waals surface area contributed by atoms with Crippen LogP contribution in [-0.2, 0) is 4.74 Å². The third-order valence-corrected chi connectivity index (χ3v) is 1.99. The van der Waals surface area contributed by atoms with Crippen molar-refractivity contribution in [3.63, 3.8) is 0 Å². The molecule has 17 heavy (non-hydrogen) atoms. The number of hydrogen-bond acceptors (Lipinski definition) is 4.